The van der Waals surface area contributed by atoms with Gasteiger partial charge in [0.25, 0.3) is 5.91 Å². The number of rotatable bonds is 3. The Hall–Kier alpha value is -2.15. The number of carbonyl (C=O) groups is 2. The van der Waals surface area contributed by atoms with Crippen LogP contribution in [0.15, 0.2) is 18.2 Å². The van der Waals surface area contributed by atoms with E-state index in [0.717, 1.165) is 17.7 Å². The van der Waals surface area contributed by atoms with Crippen molar-refractivity contribution in [2.24, 2.45) is 0 Å². The molecule has 24 heavy (non-hydrogen) atoms. The zero-order valence-electron chi connectivity index (χ0n) is 13.9. The van der Waals surface area contributed by atoms with Gasteiger partial charge >= 0.3 is 6.03 Å². The molecule has 2 aliphatic rings. The summed E-state index contributed by atoms with van der Waals surface area (Å²) in [6, 6.07) is 4.25. The molecule has 3 amide bonds. The van der Waals surface area contributed by atoms with Crippen LogP contribution in [0.3, 0.4) is 0 Å². The van der Waals surface area contributed by atoms with E-state index in [-0.39, 0.29) is 23.9 Å². The van der Waals surface area contributed by atoms with E-state index < -0.39 is 6.10 Å². The molecule has 1 aromatic rings. The average molecular weight is 335 g/mol. The number of benzene rings is 1. The molecule has 0 saturated carbocycles. The molecule has 0 radical (unpaired) electrons. The molecule has 0 spiro atoms. The number of ether oxygens (including phenoxy) is 1. The molecule has 2 aliphatic heterocycles. The smallest absolute Gasteiger partial charge is 0.321 e. The number of nitrogens with one attached hydrogen (secondary N) is 1. The highest BCUT2D eigenvalue weighted by Crippen LogP contribution is 2.28. The summed E-state index contributed by atoms with van der Waals surface area (Å²) in [6.07, 6.45) is 1.49. The number of anilines is 1. The number of urea groups is 1. The van der Waals surface area contributed by atoms with Gasteiger partial charge in [-0.2, -0.15) is 0 Å². The van der Waals surface area contributed by atoms with Crippen LogP contribution in [0, 0.1) is 5.82 Å². The minimum absolute atomic E-state index is 0.0423. The van der Waals surface area contributed by atoms with E-state index in [1.807, 2.05) is 0 Å². The van der Waals surface area contributed by atoms with Crippen LogP contribution in [0.4, 0.5) is 14.9 Å². The first-order chi connectivity index (χ1) is 11.5. The highest BCUT2D eigenvalue weighted by molar-refractivity contribution is 5.94. The fraction of sp³-hybridized carbons (Fsp3) is 0.529. The van der Waals surface area contributed by atoms with Crippen LogP contribution in [0.5, 0.6) is 0 Å². The van der Waals surface area contributed by atoms with Gasteiger partial charge in [-0.3, -0.25) is 9.69 Å². The van der Waals surface area contributed by atoms with Gasteiger partial charge in [-0.15, -0.1) is 0 Å². The molecular weight excluding hydrogens is 313 g/mol. The normalized spacial score (nSPS) is 22.4. The first-order valence-electron chi connectivity index (χ1n) is 8.16. The molecule has 7 heteroatoms. The van der Waals surface area contributed by atoms with Gasteiger partial charge in [0, 0.05) is 32.9 Å². The summed E-state index contributed by atoms with van der Waals surface area (Å²) in [4.78, 5) is 27.4. The molecule has 1 aromatic carbocycles. The van der Waals surface area contributed by atoms with Crippen molar-refractivity contribution in [1.82, 2.24) is 10.2 Å². The second-order valence-corrected chi connectivity index (χ2v) is 6.42. The maximum atomic E-state index is 13.2. The summed E-state index contributed by atoms with van der Waals surface area (Å²) >= 11 is 0. The summed E-state index contributed by atoms with van der Waals surface area (Å²) in [7, 11) is 3.41. The third kappa shape index (κ3) is 3.36. The molecule has 0 aliphatic carbocycles. The summed E-state index contributed by atoms with van der Waals surface area (Å²) in [5, 5.41) is 2.85. The van der Waals surface area contributed by atoms with Crippen LogP contribution >= 0.6 is 0 Å². The number of halogens is 1. The lowest BCUT2D eigenvalue weighted by atomic mass is 10.2. The summed E-state index contributed by atoms with van der Waals surface area (Å²) in [6.45, 7) is 0.904. The van der Waals surface area contributed by atoms with Gasteiger partial charge in [0.15, 0.2) is 0 Å². The minimum atomic E-state index is -0.419. The highest BCUT2D eigenvalue weighted by atomic mass is 19.1. The van der Waals surface area contributed by atoms with Crippen molar-refractivity contribution in [2.45, 2.75) is 31.5 Å². The molecule has 6 nitrogen and oxygen atoms in total. The van der Waals surface area contributed by atoms with Crippen molar-refractivity contribution in [3.8, 4) is 0 Å². The molecule has 1 N–H and O–H groups in total. The molecule has 2 heterocycles. The molecular formula is C17H22FN3O3. The van der Waals surface area contributed by atoms with Crippen LogP contribution in [-0.2, 0) is 16.0 Å². The van der Waals surface area contributed by atoms with Gasteiger partial charge in [-0.25, -0.2) is 9.18 Å². The fourth-order valence-corrected chi connectivity index (χ4v) is 3.20. The topological polar surface area (TPSA) is 61.9 Å². The van der Waals surface area contributed by atoms with Crippen molar-refractivity contribution < 1.29 is 18.7 Å². The Kier molecular flexibility index (Phi) is 4.71. The Balaban J connectivity index is 1.52. The van der Waals surface area contributed by atoms with E-state index in [1.165, 1.54) is 17.0 Å². The predicted octanol–water partition coefficient (Wildman–Crippen LogP) is 1.53. The monoisotopic (exact) mass is 335 g/mol. The molecule has 130 valence electrons. The minimum Gasteiger partial charge on any atom is -0.363 e. The second-order valence-electron chi connectivity index (χ2n) is 6.42. The van der Waals surface area contributed by atoms with Crippen LogP contribution in [0.1, 0.15) is 18.4 Å². The van der Waals surface area contributed by atoms with E-state index in [2.05, 4.69) is 5.32 Å². The highest BCUT2D eigenvalue weighted by Gasteiger charge is 2.32. The van der Waals surface area contributed by atoms with E-state index in [4.69, 9.17) is 4.74 Å². The Labute approximate surface area is 140 Å². The second kappa shape index (κ2) is 6.76. The third-order valence-electron chi connectivity index (χ3n) is 4.49. The molecule has 0 aromatic heterocycles. The van der Waals surface area contributed by atoms with Gasteiger partial charge in [0.05, 0.1) is 6.10 Å². The number of hydrogen-bond acceptors (Lipinski definition) is 3. The van der Waals surface area contributed by atoms with Gasteiger partial charge in [0.1, 0.15) is 11.9 Å². The zero-order chi connectivity index (χ0) is 17.3. The van der Waals surface area contributed by atoms with Crippen LogP contribution < -0.4 is 10.2 Å². The first kappa shape index (κ1) is 16.7. The van der Waals surface area contributed by atoms with Gasteiger partial charge in [-0.05, 0) is 43.0 Å². The van der Waals surface area contributed by atoms with Crippen molar-refractivity contribution in [1.29, 1.82) is 0 Å². The fourth-order valence-electron chi connectivity index (χ4n) is 3.20. The SMILES string of the molecule is CN(C)C(=O)[C@@H]1CC[C@H](CNC(=O)N2CCc3cc(F)ccc32)O1. The molecule has 1 saturated heterocycles. The van der Waals surface area contributed by atoms with Crippen molar-refractivity contribution in [3.05, 3.63) is 29.6 Å². The largest absolute Gasteiger partial charge is 0.363 e. The van der Waals surface area contributed by atoms with Crippen molar-refractivity contribution in [2.75, 3.05) is 32.1 Å². The Morgan fingerprint density at radius 2 is 2.17 bits per heavy atom. The number of amides is 3. The summed E-state index contributed by atoms with van der Waals surface area (Å²) in [5.74, 6) is -0.328. The van der Waals surface area contributed by atoms with E-state index in [0.29, 0.717) is 25.9 Å². The third-order valence-corrected chi connectivity index (χ3v) is 4.49. The average Bonchev–Trinajstić information content (AvgIpc) is 3.18. The Morgan fingerprint density at radius 1 is 1.38 bits per heavy atom. The zero-order valence-corrected chi connectivity index (χ0v) is 13.9. The number of hydrogen-bond donors (Lipinski definition) is 1. The number of nitrogens with zero attached hydrogens (tertiary/aromatic N) is 2. The lowest BCUT2D eigenvalue weighted by molar-refractivity contribution is -0.140. The number of likely N-dealkylation sites (N-methyl/N-ethyl adjacent to an activating group) is 1. The van der Waals surface area contributed by atoms with Crippen molar-refractivity contribution in [3.63, 3.8) is 0 Å². The molecule has 0 bridgehead atoms. The summed E-state index contributed by atoms with van der Waals surface area (Å²) in [5.41, 5.74) is 1.60. The summed E-state index contributed by atoms with van der Waals surface area (Å²) < 4.78 is 18.9. The Morgan fingerprint density at radius 3 is 2.92 bits per heavy atom. The quantitative estimate of drug-likeness (QED) is 0.911. The van der Waals surface area contributed by atoms with Gasteiger partial charge < -0.3 is 15.0 Å². The lowest BCUT2D eigenvalue weighted by Gasteiger charge is -2.20. The van der Waals surface area contributed by atoms with Crippen LogP contribution in [-0.4, -0.2) is 56.2 Å². The molecule has 2 atom stereocenters. The van der Waals surface area contributed by atoms with E-state index >= 15 is 0 Å². The van der Waals surface area contributed by atoms with Gasteiger partial charge in [0.2, 0.25) is 0 Å². The maximum absolute atomic E-state index is 13.2. The number of carbonyl (C=O) groups excluding carboxylic acids is 2. The Bertz CT molecular complexity index is 650. The molecule has 3 rings (SSSR count). The lowest BCUT2D eigenvalue weighted by Crippen LogP contribution is -2.42. The standard InChI is InChI=1S/C17H22FN3O3/c1-20(2)16(22)15-6-4-13(24-15)10-19-17(23)21-8-7-11-9-12(18)3-5-14(11)21/h3,5,9,13,15H,4,6-8,10H2,1-2H3,(H,19,23)/t13-,15+/m1/s1. The molecule has 1 fully saturated rings. The van der Waals surface area contributed by atoms with Crippen LogP contribution in [0.25, 0.3) is 0 Å². The van der Waals surface area contributed by atoms with Gasteiger partial charge in [-0.1, -0.05) is 0 Å². The first-order valence-corrected chi connectivity index (χ1v) is 8.16. The van der Waals surface area contributed by atoms with E-state index in [1.54, 1.807) is 25.1 Å². The predicted molar refractivity (Wildman–Crippen MR) is 87.4 cm³/mol. The number of fused-ring (bicyclic) bond motifs is 1. The van der Waals surface area contributed by atoms with Crippen molar-refractivity contribution >= 4 is 17.6 Å². The maximum Gasteiger partial charge on any atom is 0.321 e. The molecule has 0 unspecified atom stereocenters. The van der Waals surface area contributed by atoms with Crippen LogP contribution in [0.2, 0.25) is 0 Å². The van der Waals surface area contributed by atoms with E-state index in [9.17, 15) is 14.0 Å².